The Morgan fingerprint density at radius 2 is 2.00 bits per heavy atom. The van der Waals surface area contributed by atoms with Gasteiger partial charge in [0.1, 0.15) is 5.75 Å². The molecule has 0 radical (unpaired) electrons. The van der Waals surface area contributed by atoms with Crippen molar-refractivity contribution in [3.63, 3.8) is 0 Å². The molecule has 1 aromatic carbocycles. The summed E-state index contributed by atoms with van der Waals surface area (Å²) in [7, 11) is -3.47. The first-order chi connectivity index (χ1) is 11.7. The number of halogens is 3. The van der Waals surface area contributed by atoms with Crippen molar-refractivity contribution in [2.24, 2.45) is 5.92 Å². The largest absolute Gasteiger partial charge is 0.351 e. The second-order valence-electron chi connectivity index (χ2n) is 6.90. The summed E-state index contributed by atoms with van der Waals surface area (Å²) in [6.07, 6.45) is 0.634. The molecule has 1 aliphatic rings. The van der Waals surface area contributed by atoms with E-state index in [2.05, 4.69) is 10.6 Å². The fourth-order valence-corrected chi connectivity index (χ4v) is 4.78. The lowest BCUT2D eigenvalue weighted by molar-refractivity contribution is -0.119. The Hall–Kier alpha value is -1.25. The van der Waals surface area contributed by atoms with Gasteiger partial charge in [0.05, 0.1) is 5.75 Å². The molecule has 148 valence electrons. The number of amides is 1. The number of carbonyl (C=O) groups excluding carboxylic acids is 1. The maximum absolute atomic E-state index is 13.5. The van der Waals surface area contributed by atoms with Crippen LogP contribution in [0.2, 0.25) is 0 Å². The minimum absolute atomic E-state index is 0. The average Bonchev–Trinajstić information content (AvgIpc) is 2.48. The van der Waals surface area contributed by atoms with E-state index in [-0.39, 0.29) is 36.0 Å². The maximum atomic E-state index is 13.5. The lowest BCUT2D eigenvalue weighted by atomic mass is 9.86. The molecule has 1 fully saturated rings. The zero-order chi connectivity index (χ0) is 18.6. The molecule has 26 heavy (non-hydrogen) atoms. The predicted octanol–water partition coefficient (Wildman–Crippen LogP) is 2.02. The second kappa shape index (κ2) is 9.62. The molecule has 2 rings (SSSR count). The van der Waals surface area contributed by atoms with Crippen LogP contribution in [-0.2, 0) is 14.6 Å². The van der Waals surface area contributed by atoms with Gasteiger partial charge >= 0.3 is 0 Å². The van der Waals surface area contributed by atoms with Gasteiger partial charge < -0.3 is 10.6 Å². The van der Waals surface area contributed by atoms with E-state index >= 15 is 0 Å². The van der Waals surface area contributed by atoms with E-state index in [0.29, 0.717) is 25.1 Å². The van der Waals surface area contributed by atoms with E-state index in [1.165, 1.54) is 6.07 Å². The van der Waals surface area contributed by atoms with E-state index in [0.717, 1.165) is 12.1 Å². The summed E-state index contributed by atoms with van der Waals surface area (Å²) in [4.78, 5) is 12.2. The molecule has 5 nitrogen and oxygen atoms in total. The van der Waals surface area contributed by atoms with Gasteiger partial charge in [-0.2, -0.15) is 0 Å². The molecule has 2 N–H and O–H groups in total. The highest BCUT2D eigenvalue weighted by Crippen LogP contribution is 2.27. The summed E-state index contributed by atoms with van der Waals surface area (Å²) in [6.45, 7) is 4.68. The molecule has 1 aromatic rings. The molecule has 0 aliphatic carbocycles. The van der Waals surface area contributed by atoms with Gasteiger partial charge in [0.15, 0.2) is 21.5 Å². The molecule has 0 bridgehead atoms. The number of carbonyl (C=O) groups is 1. The van der Waals surface area contributed by atoms with Crippen molar-refractivity contribution < 1.29 is 22.0 Å². The van der Waals surface area contributed by atoms with Crippen LogP contribution in [0.1, 0.15) is 31.7 Å². The Kier molecular flexibility index (Phi) is 8.43. The van der Waals surface area contributed by atoms with Crippen LogP contribution < -0.4 is 10.6 Å². The molecule has 2 unspecified atom stereocenters. The van der Waals surface area contributed by atoms with E-state index in [9.17, 15) is 22.0 Å². The topological polar surface area (TPSA) is 75.3 Å². The molecule has 0 aromatic heterocycles. The molecule has 0 spiro atoms. The lowest BCUT2D eigenvalue weighted by Gasteiger charge is -2.33. The first-order valence-corrected chi connectivity index (χ1v) is 10.2. The third kappa shape index (κ3) is 6.48. The average molecular weight is 411 g/mol. The van der Waals surface area contributed by atoms with Crippen LogP contribution in [0, 0.1) is 17.6 Å². The van der Waals surface area contributed by atoms with E-state index in [4.69, 9.17) is 0 Å². The molecule has 1 saturated heterocycles. The fourth-order valence-electron chi connectivity index (χ4n) is 3.17. The summed E-state index contributed by atoms with van der Waals surface area (Å²) in [5.74, 6) is -3.28. The minimum Gasteiger partial charge on any atom is -0.351 e. The number of nitrogens with one attached hydrogen (secondary N) is 2. The zero-order valence-electron chi connectivity index (χ0n) is 14.8. The normalized spacial score (nSPS) is 20.5. The van der Waals surface area contributed by atoms with Crippen LogP contribution >= 0.6 is 12.4 Å². The molecule has 1 aliphatic heterocycles. The minimum atomic E-state index is -3.47. The Labute approximate surface area is 159 Å². The molecular formula is C17H25ClF2N2O3S. The van der Waals surface area contributed by atoms with Gasteiger partial charge in [0.2, 0.25) is 5.91 Å². The van der Waals surface area contributed by atoms with Crippen molar-refractivity contribution in [3.05, 3.63) is 35.4 Å². The molecule has 1 heterocycles. The number of hydrogen-bond donors (Lipinski definition) is 2. The first-order valence-electron chi connectivity index (χ1n) is 8.33. The highest BCUT2D eigenvalue weighted by atomic mass is 35.5. The van der Waals surface area contributed by atoms with Crippen molar-refractivity contribution in [1.82, 2.24) is 10.6 Å². The summed E-state index contributed by atoms with van der Waals surface area (Å²) in [5.41, 5.74) is 0.593. The van der Waals surface area contributed by atoms with Crippen LogP contribution in [0.5, 0.6) is 0 Å². The molecular weight excluding hydrogens is 386 g/mol. The number of hydrogen-bond acceptors (Lipinski definition) is 4. The molecule has 2 atom stereocenters. The van der Waals surface area contributed by atoms with Gasteiger partial charge in [0.25, 0.3) is 0 Å². The van der Waals surface area contributed by atoms with Crippen molar-refractivity contribution in [2.45, 2.75) is 32.2 Å². The van der Waals surface area contributed by atoms with Crippen LogP contribution in [-0.4, -0.2) is 45.0 Å². The van der Waals surface area contributed by atoms with Crippen molar-refractivity contribution in [3.8, 4) is 0 Å². The van der Waals surface area contributed by atoms with Crippen LogP contribution in [0.4, 0.5) is 8.78 Å². The smallest absolute Gasteiger partial charge is 0.235 e. The lowest BCUT2D eigenvalue weighted by Crippen LogP contribution is -2.51. The highest BCUT2D eigenvalue weighted by molar-refractivity contribution is 7.92. The summed E-state index contributed by atoms with van der Waals surface area (Å²) in [5, 5.41) is 5.86. The van der Waals surface area contributed by atoms with E-state index in [1.54, 1.807) is 13.8 Å². The van der Waals surface area contributed by atoms with Gasteiger partial charge in [-0.15, -0.1) is 12.4 Å². The van der Waals surface area contributed by atoms with Crippen molar-refractivity contribution >= 4 is 28.2 Å². The van der Waals surface area contributed by atoms with Gasteiger partial charge in [-0.25, -0.2) is 17.2 Å². The Bertz CT molecular complexity index is 729. The predicted molar refractivity (Wildman–Crippen MR) is 99.3 cm³/mol. The molecule has 1 amide bonds. The SMILES string of the molecule is CC(C)CS(=O)(=O)CC(=O)NC1CNCCC1c1ccc(F)c(F)c1.Cl. The van der Waals surface area contributed by atoms with Crippen molar-refractivity contribution in [2.75, 3.05) is 24.6 Å². The van der Waals surface area contributed by atoms with Crippen LogP contribution in [0.25, 0.3) is 0 Å². The van der Waals surface area contributed by atoms with Crippen molar-refractivity contribution in [1.29, 1.82) is 0 Å². The second-order valence-corrected chi connectivity index (χ2v) is 9.00. The first kappa shape index (κ1) is 22.8. The third-order valence-corrected chi connectivity index (χ3v) is 6.02. The quantitative estimate of drug-likeness (QED) is 0.752. The van der Waals surface area contributed by atoms with Gasteiger partial charge in [0, 0.05) is 18.5 Å². The van der Waals surface area contributed by atoms with Gasteiger partial charge in [-0.1, -0.05) is 19.9 Å². The number of sulfone groups is 1. The van der Waals surface area contributed by atoms with Gasteiger partial charge in [-0.3, -0.25) is 4.79 Å². The Morgan fingerprint density at radius 1 is 1.31 bits per heavy atom. The van der Waals surface area contributed by atoms with Crippen LogP contribution in [0.15, 0.2) is 18.2 Å². The summed E-state index contributed by atoms with van der Waals surface area (Å²) >= 11 is 0. The Morgan fingerprint density at radius 3 is 2.62 bits per heavy atom. The Balaban J connectivity index is 0.00000338. The van der Waals surface area contributed by atoms with E-state index < -0.39 is 33.1 Å². The highest BCUT2D eigenvalue weighted by Gasteiger charge is 2.29. The summed E-state index contributed by atoms with van der Waals surface area (Å²) in [6, 6.07) is 3.34. The zero-order valence-corrected chi connectivity index (χ0v) is 16.4. The molecule has 0 saturated carbocycles. The standard InChI is InChI=1S/C17H24F2N2O3S.ClH/c1-11(2)9-25(23,24)10-17(22)21-16-8-20-6-5-13(16)12-3-4-14(18)15(19)7-12;/h3-4,7,11,13,16,20H,5-6,8-10H2,1-2H3,(H,21,22);1H. The summed E-state index contributed by atoms with van der Waals surface area (Å²) < 4.78 is 50.6. The number of rotatable bonds is 6. The monoisotopic (exact) mass is 410 g/mol. The van der Waals surface area contributed by atoms with Crippen LogP contribution in [0.3, 0.4) is 0 Å². The molecule has 9 heteroatoms. The van der Waals surface area contributed by atoms with E-state index in [1.807, 2.05) is 0 Å². The maximum Gasteiger partial charge on any atom is 0.235 e. The third-order valence-electron chi connectivity index (χ3n) is 4.14. The van der Waals surface area contributed by atoms with Gasteiger partial charge in [-0.05, 0) is 36.6 Å². The number of benzene rings is 1. The number of piperidine rings is 1. The fraction of sp³-hybridized carbons (Fsp3) is 0.588.